The average molecular weight is 502 g/mol. The Kier molecular flexibility index (Phi) is 8.63. The molecule has 3 atom stereocenters. The lowest BCUT2D eigenvalue weighted by Crippen LogP contribution is -2.26. The molecule has 1 aliphatic rings. The summed E-state index contributed by atoms with van der Waals surface area (Å²) in [6.45, 7) is 2.32. The summed E-state index contributed by atoms with van der Waals surface area (Å²) in [5.41, 5.74) is 1.50. The van der Waals surface area contributed by atoms with Gasteiger partial charge >= 0.3 is 0 Å². The predicted octanol–water partition coefficient (Wildman–Crippen LogP) is 4.72. The lowest BCUT2D eigenvalue weighted by Gasteiger charge is -2.21. The van der Waals surface area contributed by atoms with E-state index in [1.54, 1.807) is 10.9 Å². The molecule has 32 heavy (non-hydrogen) atoms. The van der Waals surface area contributed by atoms with Crippen molar-refractivity contribution in [1.82, 2.24) is 19.7 Å². The molecule has 1 aliphatic heterocycles. The summed E-state index contributed by atoms with van der Waals surface area (Å²) in [5, 5.41) is 9.22. The van der Waals surface area contributed by atoms with E-state index in [0.717, 1.165) is 17.4 Å². The minimum atomic E-state index is -2.09. The molecular weight excluding hydrogens is 476 g/mol. The molecule has 2 aromatic heterocycles. The van der Waals surface area contributed by atoms with Gasteiger partial charge in [0.1, 0.15) is 12.2 Å². The van der Waals surface area contributed by atoms with Crippen LogP contribution in [-0.4, -0.2) is 48.1 Å². The molecule has 4 rings (SSSR count). The quantitative estimate of drug-likeness (QED) is 0.300. The van der Waals surface area contributed by atoms with Crippen LogP contribution in [0.15, 0.2) is 30.5 Å². The minimum absolute atomic E-state index is 0. The second kappa shape index (κ2) is 11.0. The molecule has 3 aromatic rings. The first-order valence-electron chi connectivity index (χ1n) is 9.72. The van der Waals surface area contributed by atoms with E-state index >= 15 is 0 Å². The number of nitrogens with one attached hydrogen (secondary N) is 1. The molecule has 9 nitrogen and oxygen atoms in total. The summed E-state index contributed by atoms with van der Waals surface area (Å²) >= 11 is 12.4. The molecule has 0 aliphatic carbocycles. The summed E-state index contributed by atoms with van der Waals surface area (Å²) in [4.78, 5) is 26.8. The number of anilines is 1. The largest absolute Gasteiger partial charge is 0.366 e. The topological polar surface area (TPSA) is 115 Å². The molecule has 3 N–H and O–H groups in total. The van der Waals surface area contributed by atoms with E-state index < -0.39 is 8.38 Å². The molecule has 1 saturated heterocycles. The Morgan fingerprint density at radius 3 is 2.81 bits per heavy atom. The van der Waals surface area contributed by atoms with E-state index in [2.05, 4.69) is 20.4 Å². The van der Waals surface area contributed by atoms with Crippen molar-refractivity contribution in [2.75, 3.05) is 11.7 Å². The molecule has 1 fully saturated rings. The van der Waals surface area contributed by atoms with E-state index in [4.69, 9.17) is 42.5 Å². The van der Waals surface area contributed by atoms with Crippen molar-refractivity contribution in [3.63, 3.8) is 0 Å². The molecule has 0 amide bonds. The van der Waals surface area contributed by atoms with E-state index in [0.29, 0.717) is 29.5 Å². The predicted molar refractivity (Wildman–Crippen MR) is 126 cm³/mol. The summed E-state index contributed by atoms with van der Waals surface area (Å²) in [6, 6.07) is 7.57. The summed E-state index contributed by atoms with van der Waals surface area (Å²) in [5.74, 6) is 0.562. The number of hydrogen-bond acceptors (Lipinski definition) is 8. The second-order valence-electron chi connectivity index (χ2n) is 7.19. The average Bonchev–Trinajstić information content (AvgIpc) is 3.38. The molecule has 0 bridgehead atoms. The van der Waals surface area contributed by atoms with Gasteiger partial charge in [-0.05, 0) is 43.0 Å². The van der Waals surface area contributed by atoms with Gasteiger partial charge in [0.2, 0.25) is 5.28 Å². The molecule has 0 radical (unpaired) electrons. The Hall–Kier alpha value is -1.58. The van der Waals surface area contributed by atoms with Crippen molar-refractivity contribution in [2.24, 2.45) is 0 Å². The number of aromatic nitrogens is 4. The highest BCUT2D eigenvalue weighted by molar-refractivity contribution is 7.44. The Morgan fingerprint density at radius 2 is 2.06 bits per heavy atom. The lowest BCUT2D eigenvalue weighted by molar-refractivity contribution is -0.0736. The third-order valence-corrected chi connectivity index (χ3v) is 6.03. The van der Waals surface area contributed by atoms with Crippen molar-refractivity contribution in [3.05, 3.63) is 46.3 Å². The van der Waals surface area contributed by atoms with Gasteiger partial charge in [-0.15, -0.1) is 0 Å². The Bertz CT molecular complexity index is 1050. The lowest BCUT2D eigenvalue weighted by atomic mass is 10.1. The van der Waals surface area contributed by atoms with E-state index in [9.17, 15) is 0 Å². The maximum absolute atomic E-state index is 9.05. The number of nitrogens with zero attached hydrogens (tertiary/aromatic N) is 4. The van der Waals surface area contributed by atoms with Crippen LogP contribution in [0.3, 0.4) is 0 Å². The summed E-state index contributed by atoms with van der Waals surface area (Å²) in [6.07, 6.45) is 2.25. The minimum Gasteiger partial charge on any atom is -0.366 e. The maximum Gasteiger partial charge on any atom is 0.226 e. The van der Waals surface area contributed by atoms with Gasteiger partial charge in [0.25, 0.3) is 0 Å². The van der Waals surface area contributed by atoms with Gasteiger partial charge in [0, 0.05) is 11.6 Å². The summed E-state index contributed by atoms with van der Waals surface area (Å²) in [7, 11) is -2.09. The molecule has 3 unspecified atom stereocenters. The van der Waals surface area contributed by atoms with Crippen LogP contribution in [0.25, 0.3) is 11.0 Å². The van der Waals surface area contributed by atoms with Gasteiger partial charge in [-0.3, -0.25) is 0 Å². The van der Waals surface area contributed by atoms with Crippen LogP contribution < -0.4 is 5.32 Å². The highest BCUT2D eigenvalue weighted by Crippen LogP contribution is 2.34. The highest BCUT2D eigenvalue weighted by atomic mass is 35.5. The summed E-state index contributed by atoms with van der Waals surface area (Å²) < 4.78 is 13.3. The van der Waals surface area contributed by atoms with E-state index in [1.807, 2.05) is 31.2 Å². The van der Waals surface area contributed by atoms with Gasteiger partial charge in [-0.25, -0.2) is 4.68 Å². The molecular formula is C20H26Cl2N5O4P. The molecule has 3 heterocycles. The maximum atomic E-state index is 9.05. The molecule has 0 saturated carbocycles. The fourth-order valence-corrected chi connectivity index (χ4v) is 4.26. The van der Waals surface area contributed by atoms with Crippen LogP contribution in [0, 0.1) is 0 Å². The molecule has 12 heteroatoms. The third kappa shape index (κ3) is 5.66. The number of fused-ring (bicyclic) bond motifs is 1. The standard InChI is InChI=1S/C19H22Cl2N5O4P.CH4/c1-11(29-10-31(27)28)15-6-7-16(30-15)26-18-13(9-23-26)17(24-19(21)25-18)22-8-12-4-2-3-5-14(12)20;/h2-5,9,11,15-16,27-28H,6-8,10H2,1H3,(H,22,24,25);1H4. The van der Waals surface area contributed by atoms with Crippen LogP contribution in [0.4, 0.5) is 5.82 Å². The SMILES string of the molecule is C.CC(OCP(O)O)C1CCC(n2ncc3c(NCc4ccccc4Cl)nc(Cl)nc32)O1. The zero-order valence-corrected chi connectivity index (χ0v) is 19.1. The highest BCUT2D eigenvalue weighted by Gasteiger charge is 2.33. The number of ether oxygens (including phenoxy) is 2. The van der Waals surface area contributed by atoms with Crippen LogP contribution >= 0.6 is 31.6 Å². The first-order chi connectivity index (χ1) is 14.9. The van der Waals surface area contributed by atoms with Crippen LogP contribution in [-0.2, 0) is 16.0 Å². The number of benzene rings is 1. The van der Waals surface area contributed by atoms with Crippen molar-refractivity contribution in [2.45, 2.75) is 52.2 Å². The van der Waals surface area contributed by atoms with Crippen LogP contribution in [0.5, 0.6) is 0 Å². The van der Waals surface area contributed by atoms with Crippen molar-refractivity contribution in [3.8, 4) is 0 Å². The zero-order valence-electron chi connectivity index (χ0n) is 16.7. The number of hydrogen-bond donors (Lipinski definition) is 3. The van der Waals surface area contributed by atoms with Gasteiger partial charge in [0.05, 0.1) is 23.8 Å². The van der Waals surface area contributed by atoms with E-state index in [-0.39, 0.29) is 37.5 Å². The fourth-order valence-electron chi connectivity index (χ4n) is 3.53. The normalized spacial score (nSPS) is 19.3. The second-order valence-corrected chi connectivity index (χ2v) is 8.94. The van der Waals surface area contributed by atoms with Crippen molar-refractivity contribution >= 4 is 48.4 Å². The van der Waals surface area contributed by atoms with Crippen LogP contribution in [0.1, 0.15) is 39.0 Å². The number of rotatable bonds is 8. The zero-order chi connectivity index (χ0) is 22.0. The van der Waals surface area contributed by atoms with Crippen LogP contribution in [0.2, 0.25) is 10.3 Å². The van der Waals surface area contributed by atoms with Gasteiger partial charge in [-0.2, -0.15) is 15.1 Å². The Labute approximate surface area is 197 Å². The van der Waals surface area contributed by atoms with Crippen molar-refractivity contribution < 1.29 is 19.3 Å². The van der Waals surface area contributed by atoms with Gasteiger partial charge in [-0.1, -0.05) is 37.2 Å². The molecule has 0 spiro atoms. The smallest absolute Gasteiger partial charge is 0.226 e. The Morgan fingerprint density at radius 1 is 1.28 bits per heavy atom. The molecule has 1 aromatic carbocycles. The number of halogens is 2. The van der Waals surface area contributed by atoms with Gasteiger partial charge in [0.15, 0.2) is 20.3 Å². The van der Waals surface area contributed by atoms with Crippen molar-refractivity contribution in [1.29, 1.82) is 0 Å². The fraction of sp³-hybridized carbons (Fsp3) is 0.450. The first kappa shape index (κ1) is 25.1. The monoisotopic (exact) mass is 501 g/mol. The first-order valence-corrected chi connectivity index (χ1v) is 11.9. The van der Waals surface area contributed by atoms with Gasteiger partial charge < -0.3 is 24.6 Å². The third-order valence-electron chi connectivity index (χ3n) is 5.11. The van der Waals surface area contributed by atoms with E-state index in [1.165, 1.54) is 0 Å². The molecule has 174 valence electrons. The Balaban J connectivity index is 0.00000289.